The Kier molecular flexibility index (Phi) is 5.46. The molecule has 1 aromatic carbocycles. The SMILES string of the molecule is Cc1ccccc1NC(=O)c1c(NC(=O)C(=O)F)sc2c1CCCCC2. The second-order valence-corrected chi connectivity index (χ2v) is 7.37. The molecule has 1 aliphatic rings. The molecule has 1 aliphatic carbocycles. The lowest BCUT2D eigenvalue weighted by Gasteiger charge is -2.11. The number of halogens is 1. The number of carbonyl (C=O) groups is 3. The van der Waals surface area contributed by atoms with Crippen LogP contribution in [0.1, 0.15) is 45.6 Å². The number of hydrogen-bond acceptors (Lipinski definition) is 4. The van der Waals surface area contributed by atoms with E-state index in [-0.39, 0.29) is 10.9 Å². The van der Waals surface area contributed by atoms with Crippen molar-refractivity contribution in [3.05, 3.63) is 45.8 Å². The molecule has 2 amide bonds. The molecule has 1 aromatic heterocycles. The summed E-state index contributed by atoms with van der Waals surface area (Å²) in [5.74, 6) is -1.72. The fourth-order valence-electron chi connectivity index (χ4n) is 3.12. The third-order valence-corrected chi connectivity index (χ3v) is 5.65. The van der Waals surface area contributed by atoms with Gasteiger partial charge in [-0.3, -0.25) is 9.59 Å². The van der Waals surface area contributed by atoms with Gasteiger partial charge in [0.15, 0.2) is 0 Å². The van der Waals surface area contributed by atoms with Crippen LogP contribution in [0.2, 0.25) is 0 Å². The van der Waals surface area contributed by atoms with Crippen molar-refractivity contribution in [2.24, 2.45) is 0 Å². The van der Waals surface area contributed by atoms with Gasteiger partial charge in [-0.25, -0.2) is 4.79 Å². The third-order valence-electron chi connectivity index (χ3n) is 4.45. The molecule has 0 radical (unpaired) electrons. The van der Waals surface area contributed by atoms with Crippen molar-refractivity contribution in [1.29, 1.82) is 0 Å². The first-order chi connectivity index (χ1) is 12.5. The van der Waals surface area contributed by atoms with Crippen LogP contribution in [0.3, 0.4) is 0 Å². The largest absolute Gasteiger partial charge is 0.389 e. The molecule has 2 N–H and O–H groups in total. The number of anilines is 2. The Hall–Kier alpha value is -2.54. The summed E-state index contributed by atoms with van der Waals surface area (Å²) in [7, 11) is 0. The molecule has 0 unspecified atom stereocenters. The summed E-state index contributed by atoms with van der Waals surface area (Å²) in [6, 6.07) is 5.30. The van der Waals surface area contributed by atoms with E-state index in [1.165, 1.54) is 11.3 Å². The van der Waals surface area contributed by atoms with Crippen molar-refractivity contribution in [2.45, 2.75) is 39.0 Å². The van der Waals surface area contributed by atoms with E-state index in [4.69, 9.17) is 0 Å². The van der Waals surface area contributed by atoms with Crippen LogP contribution in [0, 0.1) is 6.92 Å². The van der Waals surface area contributed by atoms with Crippen LogP contribution in [0.5, 0.6) is 0 Å². The molecule has 0 saturated carbocycles. The molecule has 0 fully saturated rings. The minimum absolute atomic E-state index is 0.235. The number of benzene rings is 1. The highest BCUT2D eigenvalue weighted by molar-refractivity contribution is 7.17. The number of thiophene rings is 1. The zero-order valence-corrected chi connectivity index (χ0v) is 15.2. The molecule has 1 heterocycles. The van der Waals surface area contributed by atoms with E-state index in [1.807, 2.05) is 25.1 Å². The summed E-state index contributed by atoms with van der Waals surface area (Å²) >= 11 is 1.25. The lowest BCUT2D eigenvalue weighted by atomic mass is 10.0. The maximum absolute atomic E-state index is 12.9. The van der Waals surface area contributed by atoms with Gasteiger partial charge < -0.3 is 10.6 Å². The zero-order valence-electron chi connectivity index (χ0n) is 14.4. The summed E-state index contributed by atoms with van der Waals surface area (Å²) in [6.07, 6.45) is 4.56. The number of carbonyl (C=O) groups excluding carboxylic acids is 3. The molecule has 0 spiro atoms. The van der Waals surface area contributed by atoms with Gasteiger partial charge in [0.25, 0.3) is 5.91 Å². The molecular formula is C19H19FN2O3S. The molecule has 0 bridgehead atoms. The summed E-state index contributed by atoms with van der Waals surface area (Å²) in [5, 5.41) is 5.36. The fraction of sp³-hybridized carbons (Fsp3) is 0.316. The summed E-state index contributed by atoms with van der Waals surface area (Å²) in [4.78, 5) is 36.2. The average Bonchev–Trinajstić information content (AvgIpc) is 2.78. The third kappa shape index (κ3) is 3.83. The first-order valence-electron chi connectivity index (χ1n) is 8.49. The monoisotopic (exact) mass is 374 g/mol. The van der Waals surface area contributed by atoms with Gasteiger partial charge in [-0.2, -0.15) is 4.39 Å². The lowest BCUT2D eigenvalue weighted by Crippen LogP contribution is -2.21. The summed E-state index contributed by atoms with van der Waals surface area (Å²) < 4.78 is 12.7. The van der Waals surface area contributed by atoms with Gasteiger partial charge in [0.1, 0.15) is 5.00 Å². The summed E-state index contributed by atoms with van der Waals surface area (Å²) in [5.41, 5.74) is 2.81. The minimum Gasteiger partial charge on any atom is -0.322 e. The van der Waals surface area contributed by atoms with Crippen LogP contribution in [0.25, 0.3) is 0 Å². The van der Waals surface area contributed by atoms with Gasteiger partial charge in [0.05, 0.1) is 5.56 Å². The molecule has 7 heteroatoms. The highest BCUT2D eigenvalue weighted by atomic mass is 32.1. The molecule has 0 saturated heterocycles. The molecule has 136 valence electrons. The quantitative estimate of drug-likeness (QED) is 0.482. The fourth-order valence-corrected chi connectivity index (χ4v) is 4.40. The van der Waals surface area contributed by atoms with Crippen LogP contribution in [0.4, 0.5) is 15.1 Å². The Morgan fingerprint density at radius 3 is 2.50 bits per heavy atom. The maximum atomic E-state index is 12.9. The van der Waals surface area contributed by atoms with Crippen molar-refractivity contribution in [1.82, 2.24) is 0 Å². The van der Waals surface area contributed by atoms with Crippen LogP contribution < -0.4 is 10.6 Å². The Balaban J connectivity index is 1.98. The number of para-hydroxylation sites is 1. The van der Waals surface area contributed by atoms with Gasteiger partial charge in [-0.1, -0.05) is 24.6 Å². The molecule has 0 aliphatic heterocycles. The van der Waals surface area contributed by atoms with Crippen molar-refractivity contribution in [2.75, 3.05) is 10.6 Å². The highest BCUT2D eigenvalue weighted by Gasteiger charge is 2.27. The number of rotatable bonds is 4. The average molecular weight is 374 g/mol. The minimum atomic E-state index is -2.07. The second kappa shape index (κ2) is 7.78. The molecule has 3 rings (SSSR count). The Morgan fingerprint density at radius 2 is 1.77 bits per heavy atom. The number of aryl methyl sites for hydroxylation is 2. The molecule has 2 aromatic rings. The van der Waals surface area contributed by atoms with E-state index in [0.717, 1.165) is 48.1 Å². The van der Waals surface area contributed by atoms with E-state index >= 15 is 0 Å². The predicted octanol–water partition coefficient (Wildman–Crippen LogP) is 4.01. The van der Waals surface area contributed by atoms with E-state index in [2.05, 4.69) is 10.6 Å². The van der Waals surface area contributed by atoms with E-state index in [1.54, 1.807) is 6.07 Å². The molecule has 0 atom stereocenters. The number of nitrogens with one attached hydrogen (secondary N) is 2. The Labute approximate surface area is 154 Å². The smallest absolute Gasteiger partial charge is 0.322 e. The van der Waals surface area contributed by atoms with E-state index in [0.29, 0.717) is 11.3 Å². The first-order valence-corrected chi connectivity index (χ1v) is 9.31. The normalized spacial score (nSPS) is 13.5. The topological polar surface area (TPSA) is 75.3 Å². The van der Waals surface area contributed by atoms with E-state index < -0.39 is 11.9 Å². The molecule has 26 heavy (non-hydrogen) atoms. The second-order valence-electron chi connectivity index (χ2n) is 6.27. The number of hydrogen-bond donors (Lipinski definition) is 2. The lowest BCUT2D eigenvalue weighted by molar-refractivity contribution is -0.141. The molecule has 5 nitrogen and oxygen atoms in total. The summed E-state index contributed by atoms with van der Waals surface area (Å²) in [6.45, 7) is 1.88. The maximum Gasteiger partial charge on any atom is 0.389 e. The van der Waals surface area contributed by atoms with E-state index in [9.17, 15) is 18.8 Å². The van der Waals surface area contributed by atoms with Gasteiger partial charge in [0, 0.05) is 10.6 Å². The Bertz CT molecular complexity index is 876. The van der Waals surface area contributed by atoms with Gasteiger partial charge in [0.2, 0.25) is 0 Å². The Morgan fingerprint density at radius 1 is 1.04 bits per heavy atom. The predicted molar refractivity (Wildman–Crippen MR) is 99.5 cm³/mol. The van der Waals surface area contributed by atoms with Crippen LogP contribution in [-0.2, 0) is 22.4 Å². The van der Waals surface area contributed by atoms with Gasteiger partial charge in [-0.15, -0.1) is 11.3 Å². The van der Waals surface area contributed by atoms with Gasteiger partial charge in [-0.05, 0) is 49.8 Å². The zero-order chi connectivity index (χ0) is 18.7. The van der Waals surface area contributed by atoms with Crippen LogP contribution >= 0.6 is 11.3 Å². The van der Waals surface area contributed by atoms with Crippen LogP contribution in [0.15, 0.2) is 24.3 Å². The van der Waals surface area contributed by atoms with Crippen molar-refractivity contribution in [3.63, 3.8) is 0 Å². The van der Waals surface area contributed by atoms with Crippen LogP contribution in [-0.4, -0.2) is 17.9 Å². The molecular weight excluding hydrogens is 355 g/mol. The van der Waals surface area contributed by atoms with Gasteiger partial charge >= 0.3 is 11.9 Å². The van der Waals surface area contributed by atoms with Crippen molar-refractivity contribution < 1.29 is 18.8 Å². The number of amides is 2. The van der Waals surface area contributed by atoms with Crippen molar-refractivity contribution >= 4 is 39.9 Å². The number of fused-ring (bicyclic) bond motifs is 1. The highest BCUT2D eigenvalue weighted by Crippen LogP contribution is 2.38. The first kappa shape index (κ1) is 18.3. The standard InChI is InChI=1S/C19H19FN2O3S/c1-11-7-5-6-9-13(11)21-17(24)15-12-8-3-2-4-10-14(12)26-19(15)22-18(25)16(20)23/h5-7,9H,2-4,8,10H2,1H3,(H,21,24)(H,22,25). The van der Waals surface area contributed by atoms with Crippen molar-refractivity contribution in [3.8, 4) is 0 Å².